The summed E-state index contributed by atoms with van der Waals surface area (Å²) in [6.45, 7) is 9.14. The lowest BCUT2D eigenvalue weighted by Crippen LogP contribution is -2.59. The Hall–Kier alpha value is -3.17. The number of hydrogen-bond donors (Lipinski definition) is 4. The number of aromatic nitrogens is 1. The molecule has 3 aromatic rings. The molecule has 5 fully saturated rings. The Morgan fingerprint density at radius 3 is 2.42 bits per heavy atom. The molecule has 5 aliphatic rings. The SMILES string of the molecule is CCCCCC[C@](C)(O)[C@H]1CCC2C3C[C@H](OC(=O)C[C@H](O)C[C@H](O)/C=C/c4c(C5CC5)nc5ccccc5c4-c4ccc(F)cc4)[C@H]4C[C@@H](O)CC[C@]4(C)C3CC[C@@]21C. The minimum Gasteiger partial charge on any atom is -0.462 e. The molecule has 8 rings (SSSR count). The molecule has 7 nitrogen and oxygen atoms in total. The lowest BCUT2D eigenvalue weighted by Gasteiger charge is -2.63. The van der Waals surface area contributed by atoms with Crippen molar-refractivity contribution >= 4 is 22.9 Å². The Bertz CT molecular complexity index is 2010. The average Bonchev–Trinajstić information content (AvgIpc) is 3.99. The normalized spacial score (nSPS) is 33.5. The van der Waals surface area contributed by atoms with Gasteiger partial charge in [-0.1, -0.05) is 88.9 Å². The molecule has 326 valence electrons. The summed E-state index contributed by atoms with van der Waals surface area (Å²) in [6, 6.07) is 14.4. The first-order valence-corrected chi connectivity index (χ1v) is 23.5. The van der Waals surface area contributed by atoms with E-state index in [2.05, 4.69) is 27.7 Å². The minimum atomic E-state index is -1.11. The van der Waals surface area contributed by atoms with Crippen molar-refractivity contribution in [2.45, 2.75) is 173 Å². The van der Waals surface area contributed by atoms with Crippen molar-refractivity contribution in [1.82, 2.24) is 4.98 Å². The molecule has 0 radical (unpaired) electrons. The van der Waals surface area contributed by atoms with Gasteiger partial charge in [-0.15, -0.1) is 0 Å². The number of halogens is 1. The Labute approximate surface area is 357 Å². The Morgan fingerprint density at radius 2 is 1.67 bits per heavy atom. The number of pyridine rings is 1. The van der Waals surface area contributed by atoms with Gasteiger partial charge in [0.1, 0.15) is 11.9 Å². The van der Waals surface area contributed by atoms with Gasteiger partial charge < -0.3 is 25.2 Å². The van der Waals surface area contributed by atoms with Gasteiger partial charge in [0.15, 0.2) is 0 Å². The maximum Gasteiger partial charge on any atom is 0.308 e. The number of benzene rings is 2. The van der Waals surface area contributed by atoms with Crippen LogP contribution < -0.4 is 0 Å². The molecule has 0 bridgehead atoms. The first kappa shape index (κ1) is 43.5. The van der Waals surface area contributed by atoms with Gasteiger partial charge in [-0.05, 0) is 136 Å². The van der Waals surface area contributed by atoms with Crippen LogP contribution in [0, 0.1) is 46.2 Å². The van der Waals surface area contributed by atoms with Crippen molar-refractivity contribution in [1.29, 1.82) is 0 Å². The number of esters is 1. The van der Waals surface area contributed by atoms with Gasteiger partial charge in [-0.25, -0.2) is 4.39 Å². The largest absolute Gasteiger partial charge is 0.462 e. The summed E-state index contributed by atoms with van der Waals surface area (Å²) in [5.41, 5.74) is 3.78. The number of carbonyl (C=O) groups is 1. The lowest BCUT2D eigenvalue weighted by molar-refractivity contribution is -0.198. The number of hydrogen-bond acceptors (Lipinski definition) is 7. The summed E-state index contributed by atoms with van der Waals surface area (Å²) in [5.74, 6) is 1.15. The highest BCUT2D eigenvalue weighted by Crippen LogP contribution is 2.69. The quantitative estimate of drug-likeness (QED) is 0.0890. The zero-order chi connectivity index (χ0) is 42.4. The molecule has 2 aromatic carbocycles. The zero-order valence-corrected chi connectivity index (χ0v) is 36.5. The van der Waals surface area contributed by atoms with E-state index in [1.165, 1.54) is 25.0 Å². The minimum absolute atomic E-state index is 0.0311. The summed E-state index contributed by atoms with van der Waals surface area (Å²) in [6.07, 6.45) is 15.3. The summed E-state index contributed by atoms with van der Waals surface area (Å²) in [7, 11) is 0. The molecule has 0 saturated heterocycles. The van der Waals surface area contributed by atoms with Crippen LogP contribution in [0.25, 0.3) is 28.1 Å². The summed E-state index contributed by atoms with van der Waals surface area (Å²) in [5, 5.41) is 46.4. The average molecular weight is 824 g/mol. The molecule has 5 aliphatic carbocycles. The molecule has 8 heteroatoms. The Kier molecular flexibility index (Phi) is 12.7. The van der Waals surface area contributed by atoms with Crippen LogP contribution in [0.4, 0.5) is 4.39 Å². The predicted octanol–water partition coefficient (Wildman–Crippen LogP) is 10.7. The molecule has 4 N–H and O–H groups in total. The highest BCUT2D eigenvalue weighted by Gasteiger charge is 2.64. The molecule has 5 saturated carbocycles. The number of para-hydroxylation sites is 1. The second kappa shape index (κ2) is 17.5. The topological polar surface area (TPSA) is 120 Å². The molecule has 1 heterocycles. The van der Waals surface area contributed by atoms with E-state index < -0.39 is 29.9 Å². The van der Waals surface area contributed by atoms with Crippen LogP contribution in [0.1, 0.15) is 154 Å². The Morgan fingerprint density at radius 1 is 0.933 bits per heavy atom. The van der Waals surface area contributed by atoms with Crippen LogP contribution in [0.15, 0.2) is 54.6 Å². The van der Waals surface area contributed by atoms with E-state index in [-0.39, 0.29) is 47.4 Å². The van der Waals surface area contributed by atoms with E-state index in [0.29, 0.717) is 30.1 Å². The van der Waals surface area contributed by atoms with Gasteiger partial charge in [0.05, 0.1) is 41.5 Å². The van der Waals surface area contributed by atoms with Gasteiger partial charge in [0.25, 0.3) is 0 Å². The highest BCUT2D eigenvalue weighted by molar-refractivity contribution is 5.99. The molecule has 1 aromatic heterocycles. The molecule has 3 unspecified atom stereocenters. The van der Waals surface area contributed by atoms with E-state index in [4.69, 9.17) is 9.72 Å². The molecule has 0 spiro atoms. The summed E-state index contributed by atoms with van der Waals surface area (Å²) in [4.78, 5) is 18.8. The number of aliphatic hydroxyl groups excluding tert-OH is 3. The van der Waals surface area contributed by atoms with Crippen molar-refractivity contribution in [2.75, 3.05) is 0 Å². The van der Waals surface area contributed by atoms with E-state index in [1.807, 2.05) is 30.3 Å². The third-order valence-electron chi connectivity index (χ3n) is 16.7. The van der Waals surface area contributed by atoms with Gasteiger partial charge in [0.2, 0.25) is 0 Å². The van der Waals surface area contributed by atoms with Crippen molar-refractivity contribution < 1.29 is 34.3 Å². The fourth-order valence-electron chi connectivity index (χ4n) is 13.6. The van der Waals surface area contributed by atoms with Crippen molar-refractivity contribution in [3.8, 4) is 11.1 Å². The number of fused-ring (bicyclic) bond motifs is 6. The monoisotopic (exact) mass is 824 g/mol. The van der Waals surface area contributed by atoms with Crippen LogP contribution in [-0.4, -0.2) is 61.4 Å². The van der Waals surface area contributed by atoms with Gasteiger partial charge in [-0.3, -0.25) is 9.78 Å². The second-order valence-corrected chi connectivity index (χ2v) is 20.6. The van der Waals surface area contributed by atoms with Crippen molar-refractivity contribution in [3.05, 3.63) is 71.7 Å². The molecule has 12 atom stereocenters. The lowest BCUT2D eigenvalue weighted by atomic mass is 9.43. The number of unbranched alkanes of at least 4 members (excludes halogenated alkanes) is 3. The van der Waals surface area contributed by atoms with Crippen molar-refractivity contribution in [2.24, 2.45) is 40.4 Å². The number of carbonyl (C=O) groups excluding carboxylic acids is 1. The summed E-state index contributed by atoms with van der Waals surface area (Å²) < 4.78 is 20.5. The van der Waals surface area contributed by atoms with Crippen LogP contribution in [0.5, 0.6) is 0 Å². The first-order valence-electron chi connectivity index (χ1n) is 23.5. The van der Waals surface area contributed by atoms with Gasteiger partial charge in [-0.2, -0.15) is 0 Å². The molecule has 0 amide bonds. The molecule has 60 heavy (non-hydrogen) atoms. The fourth-order valence-corrected chi connectivity index (χ4v) is 13.6. The smallest absolute Gasteiger partial charge is 0.308 e. The zero-order valence-electron chi connectivity index (χ0n) is 36.5. The number of aliphatic hydroxyl groups is 4. The Balaban J connectivity index is 0.960. The third-order valence-corrected chi connectivity index (χ3v) is 16.7. The molecular formula is C52H70FNO6. The number of rotatable bonds is 15. The second-order valence-electron chi connectivity index (χ2n) is 20.6. The van der Waals surface area contributed by atoms with Crippen LogP contribution in [0.2, 0.25) is 0 Å². The van der Waals surface area contributed by atoms with Gasteiger partial charge >= 0.3 is 5.97 Å². The third kappa shape index (κ3) is 8.61. The van der Waals surface area contributed by atoms with Crippen LogP contribution in [0.3, 0.4) is 0 Å². The van der Waals surface area contributed by atoms with E-state index in [0.717, 1.165) is 110 Å². The number of nitrogens with zero attached hydrogens (tertiary/aromatic N) is 1. The maximum absolute atomic E-state index is 14.0. The highest BCUT2D eigenvalue weighted by atomic mass is 19.1. The maximum atomic E-state index is 14.0. The van der Waals surface area contributed by atoms with E-state index in [9.17, 15) is 29.6 Å². The van der Waals surface area contributed by atoms with Crippen molar-refractivity contribution in [3.63, 3.8) is 0 Å². The van der Waals surface area contributed by atoms with E-state index >= 15 is 0 Å². The number of ether oxygens (including phenoxy) is 1. The molecular weight excluding hydrogens is 754 g/mol. The van der Waals surface area contributed by atoms with Crippen LogP contribution >= 0.6 is 0 Å². The predicted molar refractivity (Wildman–Crippen MR) is 235 cm³/mol. The summed E-state index contributed by atoms with van der Waals surface area (Å²) >= 11 is 0. The standard InChI is InChI=1S/C52H70FNO6/c1-5-6-7-10-25-52(4,59)46-22-21-41-40-31-45(43-29-36(56)23-26-50(43,2)42(40)24-27-51(41,46)3)60-47(58)30-37(57)28-35(55)19-20-39-48(32-15-17-34(53)18-16-32)38-11-8-9-12-44(38)54-49(39)33-13-14-33/h8-9,11-12,15-20,33,35-37,40-43,45-46,55-57,59H,5-7,10,13-14,21-31H2,1-4H3/b20-19+/t35-,36+,37-,40?,41?,42?,43-,45+,46+,50-,51+,52+/m1/s1. The van der Waals surface area contributed by atoms with Gasteiger partial charge in [0, 0.05) is 34.8 Å². The first-order chi connectivity index (χ1) is 28.7. The van der Waals surface area contributed by atoms with Crippen LogP contribution in [-0.2, 0) is 9.53 Å². The molecule has 0 aliphatic heterocycles. The van der Waals surface area contributed by atoms with E-state index in [1.54, 1.807) is 18.2 Å². The fraction of sp³-hybridized carbons (Fsp3) is 0.654.